The minimum Gasteiger partial charge on any atom is -0.497 e. The summed E-state index contributed by atoms with van der Waals surface area (Å²) in [6.07, 6.45) is 0. The number of oxime groups is 1. The molecule has 0 saturated carbocycles. The summed E-state index contributed by atoms with van der Waals surface area (Å²) >= 11 is 4.50. The number of ether oxygens (including phenoxy) is 2. The third-order valence-corrected chi connectivity index (χ3v) is 8.07. The summed E-state index contributed by atoms with van der Waals surface area (Å²) in [4.78, 5) is 49.1. The number of esters is 1. The molecular formula is C21H21IN6O6S2. The monoisotopic (exact) mass is 644 g/mol. The molecule has 36 heavy (non-hydrogen) atoms. The van der Waals surface area contributed by atoms with Gasteiger partial charge < -0.3 is 25.4 Å². The van der Waals surface area contributed by atoms with Crippen molar-refractivity contribution in [1.82, 2.24) is 19.6 Å². The number of nitrogen functional groups attached to an aromatic ring is 1. The van der Waals surface area contributed by atoms with Crippen molar-refractivity contribution in [2.45, 2.75) is 18.0 Å². The fraction of sp³-hybridized carbons (Fsp3) is 0.333. The first-order valence-electron chi connectivity index (χ1n) is 10.4. The van der Waals surface area contributed by atoms with Crippen LogP contribution in [-0.4, -0.2) is 73.6 Å². The van der Waals surface area contributed by atoms with Gasteiger partial charge in [0.25, 0.3) is 11.8 Å². The van der Waals surface area contributed by atoms with Gasteiger partial charge in [-0.15, -0.1) is 11.8 Å². The van der Waals surface area contributed by atoms with Crippen molar-refractivity contribution in [3.8, 4) is 5.75 Å². The van der Waals surface area contributed by atoms with E-state index >= 15 is 0 Å². The number of fused-ring (bicyclic) bond motifs is 1. The molecule has 0 aliphatic carbocycles. The third-order valence-electron chi connectivity index (χ3n) is 5.27. The minimum atomic E-state index is -0.874. The number of β-lactam (4-membered cyclic amide) rings is 1. The average molecular weight is 644 g/mol. The van der Waals surface area contributed by atoms with Crippen LogP contribution in [0.1, 0.15) is 11.4 Å². The van der Waals surface area contributed by atoms with Crippen LogP contribution < -0.4 is 15.8 Å². The number of halogens is 1. The van der Waals surface area contributed by atoms with Crippen molar-refractivity contribution >= 4 is 74.5 Å². The molecule has 0 spiro atoms. The Morgan fingerprint density at radius 2 is 2.06 bits per heavy atom. The van der Waals surface area contributed by atoms with Crippen molar-refractivity contribution in [2.75, 3.05) is 30.1 Å². The lowest BCUT2D eigenvalue weighted by molar-refractivity contribution is -0.153. The van der Waals surface area contributed by atoms with E-state index in [4.69, 9.17) is 20.0 Å². The largest absolute Gasteiger partial charge is 0.497 e. The van der Waals surface area contributed by atoms with Gasteiger partial charge in [0.1, 0.15) is 36.6 Å². The van der Waals surface area contributed by atoms with Gasteiger partial charge in [-0.3, -0.25) is 14.5 Å². The van der Waals surface area contributed by atoms with E-state index in [1.807, 2.05) is 0 Å². The number of nitrogens with one attached hydrogen (secondary N) is 1. The second-order valence-corrected chi connectivity index (χ2v) is 10.1. The molecule has 3 N–H and O–H groups in total. The summed E-state index contributed by atoms with van der Waals surface area (Å²) in [5, 5.41) is 6.02. The number of hydrogen-bond donors (Lipinski definition) is 2. The smallest absolute Gasteiger partial charge is 0.355 e. The first kappa shape index (κ1) is 26.2. The Morgan fingerprint density at radius 1 is 1.31 bits per heavy atom. The highest BCUT2D eigenvalue weighted by molar-refractivity contribution is 14.1. The molecule has 1 aromatic heterocycles. The maximum absolute atomic E-state index is 13.1. The summed E-state index contributed by atoms with van der Waals surface area (Å²) < 4.78 is 15.2. The van der Waals surface area contributed by atoms with Crippen LogP contribution in [0.2, 0.25) is 0 Å². The lowest BCUT2D eigenvalue weighted by Gasteiger charge is -2.49. The van der Waals surface area contributed by atoms with Crippen LogP contribution in [-0.2, 0) is 30.6 Å². The second-order valence-electron chi connectivity index (χ2n) is 7.45. The number of carbonyl (C=O) groups excluding carboxylic acids is 3. The van der Waals surface area contributed by atoms with E-state index in [0.29, 0.717) is 15.9 Å². The van der Waals surface area contributed by atoms with Crippen LogP contribution in [0.25, 0.3) is 0 Å². The molecule has 2 amide bonds. The van der Waals surface area contributed by atoms with Crippen LogP contribution in [0, 0.1) is 0 Å². The Balaban J connectivity index is 1.46. The highest BCUT2D eigenvalue weighted by Crippen LogP contribution is 2.41. The quantitative estimate of drug-likeness (QED) is 0.102. The summed E-state index contributed by atoms with van der Waals surface area (Å²) in [6, 6.07) is 6.26. The van der Waals surface area contributed by atoms with E-state index in [1.54, 1.807) is 31.4 Å². The zero-order valence-corrected chi connectivity index (χ0v) is 22.9. The molecule has 4 rings (SSSR count). The average Bonchev–Trinajstić information content (AvgIpc) is 3.33. The SMILES string of the molecule is CO/N=C(\C(=O)N[C@@H]1C(=O)N2C(C(=O)OCc3ccc(OC)cc3)=C(CI)CS[C@H]12)c1nsc(N)n1. The third kappa shape index (κ3) is 5.27. The number of nitrogens with zero attached hydrogens (tertiary/aromatic N) is 4. The number of carbonyl (C=O) groups is 3. The van der Waals surface area contributed by atoms with Crippen molar-refractivity contribution in [3.63, 3.8) is 0 Å². The van der Waals surface area contributed by atoms with Gasteiger partial charge in [-0.05, 0) is 23.3 Å². The summed E-state index contributed by atoms with van der Waals surface area (Å²) in [5.74, 6) is -0.516. The van der Waals surface area contributed by atoms with Crippen LogP contribution in [0.3, 0.4) is 0 Å². The van der Waals surface area contributed by atoms with Crippen molar-refractivity contribution in [3.05, 3.63) is 46.9 Å². The number of aromatic nitrogens is 2. The van der Waals surface area contributed by atoms with Gasteiger partial charge in [0.05, 0.1) is 7.11 Å². The van der Waals surface area contributed by atoms with Gasteiger partial charge in [-0.1, -0.05) is 39.9 Å². The molecule has 2 aliphatic rings. The van der Waals surface area contributed by atoms with E-state index in [1.165, 1.54) is 23.8 Å². The Morgan fingerprint density at radius 3 is 2.67 bits per heavy atom. The summed E-state index contributed by atoms with van der Waals surface area (Å²) in [6.45, 7) is 0.0431. The molecule has 2 atom stereocenters. The number of anilines is 1. The normalized spacial score (nSPS) is 19.4. The number of benzene rings is 1. The Kier molecular flexibility index (Phi) is 8.30. The molecule has 0 unspecified atom stereocenters. The predicted octanol–water partition coefficient (Wildman–Crippen LogP) is 1.31. The second kappa shape index (κ2) is 11.4. The summed E-state index contributed by atoms with van der Waals surface area (Å²) in [5.41, 5.74) is 7.19. The first-order valence-corrected chi connectivity index (χ1v) is 13.8. The van der Waals surface area contributed by atoms with Crippen molar-refractivity contribution in [1.29, 1.82) is 0 Å². The zero-order chi connectivity index (χ0) is 25.8. The van der Waals surface area contributed by atoms with E-state index < -0.39 is 29.2 Å². The molecule has 15 heteroatoms. The molecule has 3 heterocycles. The van der Waals surface area contributed by atoms with Crippen LogP contribution >= 0.6 is 45.9 Å². The number of nitrogens with two attached hydrogens (primary N) is 1. The number of hydrogen-bond acceptors (Lipinski definition) is 12. The standard InChI is InChI=1S/C21H21IN6O6S2/c1-32-12-5-3-10(4-6-12)8-34-20(31)15-11(7-22)9-35-19-14(18(30)28(15)19)24-17(29)13(26-33-2)16-25-21(23)36-27-16/h3-6,14,19H,7-9H2,1-2H3,(H,24,29)(H2,23,25,27)/b26-13-/t14-,19-/m1/s1. The minimum absolute atomic E-state index is 0.00771. The Labute approximate surface area is 227 Å². The van der Waals surface area contributed by atoms with E-state index in [0.717, 1.165) is 22.7 Å². The number of thioether (sulfide) groups is 1. The van der Waals surface area contributed by atoms with Crippen LogP contribution in [0.4, 0.5) is 5.13 Å². The highest BCUT2D eigenvalue weighted by atomic mass is 127. The summed E-state index contributed by atoms with van der Waals surface area (Å²) in [7, 11) is 2.84. The van der Waals surface area contributed by atoms with Crippen molar-refractivity contribution < 1.29 is 28.7 Å². The molecule has 1 fully saturated rings. The molecule has 1 saturated heterocycles. The van der Waals surface area contributed by atoms with Gasteiger partial charge in [0.15, 0.2) is 5.13 Å². The maximum atomic E-state index is 13.1. The Bertz CT molecular complexity index is 1230. The first-order chi connectivity index (χ1) is 17.4. The van der Waals surface area contributed by atoms with Gasteiger partial charge >= 0.3 is 5.97 Å². The molecule has 2 aliphatic heterocycles. The van der Waals surface area contributed by atoms with Gasteiger partial charge in [-0.25, -0.2) is 4.79 Å². The molecule has 2 aromatic rings. The van der Waals surface area contributed by atoms with Crippen molar-refractivity contribution in [2.24, 2.45) is 5.16 Å². The maximum Gasteiger partial charge on any atom is 0.355 e. The molecule has 190 valence electrons. The van der Waals surface area contributed by atoms with Crippen LogP contribution in [0.15, 0.2) is 40.7 Å². The number of methoxy groups -OCH3 is 1. The molecule has 12 nitrogen and oxygen atoms in total. The topological polar surface area (TPSA) is 158 Å². The van der Waals surface area contributed by atoms with Gasteiger partial charge in [0.2, 0.25) is 11.5 Å². The predicted molar refractivity (Wildman–Crippen MR) is 142 cm³/mol. The fourth-order valence-corrected chi connectivity index (χ4v) is 6.31. The molecule has 0 radical (unpaired) electrons. The number of amides is 2. The number of alkyl halides is 1. The molecule has 0 bridgehead atoms. The van der Waals surface area contributed by atoms with E-state index in [2.05, 4.69) is 42.4 Å². The van der Waals surface area contributed by atoms with E-state index in [9.17, 15) is 14.4 Å². The van der Waals surface area contributed by atoms with E-state index in [-0.39, 0.29) is 29.0 Å². The van der Waals surface area contributed by atoms with Crippen LogP contribution in [0.5, 0.6) is 5.75 Å². The Hall–Kier alpha value is -2.92. The highest BCUT2D eigenvalue weighted by Gasteiger charge is 2.54. The van der Waals surface area contributed by atoms with Gasteiger partial charge in [0, 0.05) is 21.7 Å². The molecule has 1 aromatic carbocycles. The lowest BCUT2D eigenvalue weighted by atomic mass is 10.0. The lowest BCUT2D eigenvalue weighted by Crippen LogP contribution is -2.71. The number of rotatable bonds is 9. The fourth-order valence-electron chi connectivity index (χ4n) is 3.53. The zero-order valence-electron chi connectivity index (χ0n) is 19.1. The molecular weight excluding hydrogens is 623 g/mol. The van der Waals surface area contributed by atoms with Gasteiger partial charge in [-0.2, -0.15) is 9.36 Å².